The van der Waals surface area contributed by atoms with Crippen LogP contribution in [-0.4, -0.2) is 36.9 Å². The zero-order valence-corrected chi connectivity index (χ0v) is 10.2. The Kier molecular flexibility index (Phi) is 5.66. The molecule has 0 spiro atoms. The molecule has 0 saturated heterocycles. The molecule has 1 rings (SSSR count). The van der Waals surface area contributed by atoms with Gasteiger partial charge in [-0.15, -0.1) is 0 Å². The molecule has 0 fully saturated rings. The lowest BCUT2D eigenvalue weighted by Crippen LogP contribution is -2.44. The Morgan fingerprint density at radius 3 is 2.59 bits per heavy atom. The zero-order valence-electron chi connectivity index (χ0n) is 10.2. The van der Waals surface area contributed by atoms with E-state index < -0.39 is 6.10 Å². The topological polar surface area (TPSA) is 58.6 Å². The number of aliphatic hydroxyl groups is 1. The average Bonchev–Trinajstić information content (AvgIpc) is 2.38. The van der Waals surface area contributed by atoms with Gasteiger partial charge in [-0.3, -0.25) is 4.79 Å². The minimum atomic E-state index is -0.500. The fourth-order valence-corrected chi connectivity index (χ4v) is 1.49. The number of carbonyl (C=O) groups is 1. The number of aliphatic hydroxyl groups excluding tert-OH is 1. The standard InChI is InChI=1S/C13H19NO3/c1-10(17-2)13(16)14-12(9-15)8-11-6-4-3-5-7-11/h3-7,10,12,15H,8-9H2,1-2H3,(H,14,16)/t10?,12-/m1/s1. The third-order valence-electron chi connectivity index (χ3n) is 2.61. The summed E-state index contributed by atoms with van der Waals surface area (Å²) in [6.07, 6.45) is 0.110. The van der Waals surface area contributed by atoms with Gasteiger partial charge < -0.3 is 15.2 Å². The van der Waals surface area contributed by atoms with Crippen LogP contribution in [0.25, 0.3) is 0 Å². The first kappa shape index (κ1) is 13.7. The summed E-state index contributed by atoms with van der Waals surface area (Å²) in [4.78, 5) is 11.6. The van der Waals surface area contributed by atoms with Gasteiger partial charge in [-0.25, -0.2) is 0 Å². The predicted octanol–water partition coefficient (Wildman–Crippen LogP) is 0.741. The van der Waals surface area contributed by atoms with Crippen molar-refractivity contribution in [3.63, 3.8) is 0 Å². The number of hydrogen-bond donors (Lipinski definition) is 2. The van der Waals surface area contributed by atoms with Crippen LogP contribution in [-0.2, 0) is 16.0 Å². The van der Waals surface area contributed by atoms with Crippen LogP contribution in [0, 0.1) is 0 Å². The van der Waals surface area contributed by atoms with Crippen molar-refractivity contribution in [2.75, 3.05) is 13.7 Å². The molecular weight excluding hydrogens is 218 g/mol. The van der Waals surface area contributed by atoms with Crippen LogP contribution >= 0.6 is 0 Å². The predicted molar refractivity (Wildman–Crippen MR) is 65.6 cm³/mol. The van der Waals surface area contributed by atoms with E-state index in [-0.39, 0.29) is 18.6 Å². The summed E-state index contributed by atoms with van der Waals surface area (Å²) >= 11 is 0. The lowest BCUT2D eigenvalue weighted by molar-refractivity contribution is -0.131. The number of rotatable bonds is 6. The lowest BCUT2D eigenvalue weighted by atomic mass is 10.1. The van der Waals surface area contributed by atoms with Crippen LogP contribution in [0.2, 0.25) is 0 Å². The largest absolute Gasteiger partial charge is 0.394 e. The maximum atomic E-state index is 11.6. The van der Waals surface area contributed by atoms with Gasteiger partial charge in [-0.05, 0) is 18.9 Å². The summed E-state index contributed by atoms with van der Waals surface area (Å²) in [7, 11) is 1.48. The van der Waals surface area contributed by atoms with Gasteiger partial charge in [0.05, 0.1) is 12.6 Å². The van der Waals surface area contributed by atoms with Crippen molar-refractivity contribution in [1.82, 2.24) is 5.32 Å². The molecule has 1 aromatic carbocycles. The van der Waals surface area contributed by atoms with E-state index in [1.165, 1.54) is 7.11 Å². The summed E-state index contributed by atoms with van der Waals surface area (Å²) in [5.74, 6) is -0.206. The third kappa shape index (κ3) is 4.54. The fraction of sp³-hybridized carbons (Fsp3) is 0.462. The van der Waals surface area contributed by atoms with E-state index in [9.17, 15) is 9.90 Å². The summed E-state index contributed by atoms with van der Waals surface area (Å²) in [6, 6.07) is 9.46. The van der Waals surface area contributed by atoms with Gasteiger partial charge in [0, 0.05) is 7.11 Å². The Labute approximate surface area is 102 Å². The minimum Gasteiger partial charge on any atom is -0.394 e. The van der Waals surface area contributed by atoms with Gasteiger partial charge in [0.15, 0.2) is 0 Å². The van der Waals surface area contributed by atoms with E-state index >= 15 is 0 Å². The Hall–Kier alpha value is -1.39. The maximum Gasteiger partial charge on any atom is 0.249 e. The molecule has 94 valence electrons. The molecular formula is C13H19NO3. The smallest absolute Gasteiger partial charge is 0.249 e. The minimum absolute atomic E-state index is 0.0862. The molecule has 4 nitrogen and oxygen atoms in total. The van der Waals surface area contributed by atoms with Crippen LogP contribution in [0.15, 0.2) is 30.3 Å². The van der Waals surface area contributed by atoms with Crippen molar-refractivity contribution >= 4 is 5.91 Å². The summed E-state index contributed by atoms with van der Waals surface area (Å²) in [5.41, 5.74) is 1.08. The molecule has 0 aliphatic rings. The van der Waals surface area contributed by atoms with Crippen molar-refractivity contribution in [3.05, 3.63) is 35.9 Å². The molecule has 2 N–H and O–H groups in total. The van der Waals surface area contributed by atoms with Crippen LogP contribution in [0.1, 0.15) is 12.5 Å². The number of methoxy groups -OCH3 is 1. The summed E-state index contributed by atoms with van der Waals surface area (Å²) < 4.78 is 4.91. The molecule has 0 bridgehead atoms. The van der Waals surface area contributed by atoms with E-state index in [4.69, 9.17) is 4.74 Å². The van der Waals surface area contributed by atoms with Crippen LogP contribution in [0.4, 0.5) is 0 Å². The highest BCUT2D eigenvalue weighted by Gasteiger charge is 2.16. The zero-order chi connectivity index (χ0) is 12.7. The van der Waals surface area contributed by atoms with Crippen LogP contribution in [0.5, 0.6) is 0 Å². The van der Waals surface area contributed by atoms with E-state index in [1.54, 1.807) is 6.92 Å². The van der Waals surface area contributed by atoms with Gasteiger partial charge in [0.2, 0.25) is 5.91 Å². The van der Waals surface area contributed by atoms with E-state index in [0.29, 0.717) is 6.42 Å². The van der Waals surface area contributed by atoms with Crippen LogP contribution in [0.3, 0.4) is 0 Å². The lowest BCUT2D eigenvalue weighted by Gasteiger charge is -2.18. The normalized spacial score (nSPS) is 14.1. The number of hydrogen-bond acceptors (Lipinski definition) is 3. The van der Waals surface area contributed by atoms with Gasteiger partial charge in [0.1, 0.15) is 6.10 Å². The number of amides is 1. The van der Waals surface area contributed by atoms with Crippen LogP contribution < -0.4 is 5.32 Å². The van der Waals surface area contributed by atoms with Crippen molar-refractivity contribution in [2.45, 2.75) is 25.5 Å². The molecule has 17 heavy (non-hydrogen) atoms. The van der Waals surface area contributed by atoms with Crippen molar-refractivity contribution in [3.8, 4) is 0 Å². The first-order valence-electron chi connectivity index (χ1n) is 5.65. The second kappa shape index (κ2) is 7.04. The molecule has 1 unspecified atom stereocenters. The molecule has 1 aromatic rings. The fourth-order valence-electron chi connectivity index (χ4n) is 1.49. The molecule has 0 heterocycles. The monoisotopic (exact) mass is 237 g/mol. The number of carbonyl (C=O) groups excluding carboxylic acids is 1. The third-order valence-corrected chi connectivity index (χ3v) is 2.61. The van der Waals surface area contributed by atoms with E-state index in [0.717, 1.165) is 5.56 Å². The highest BCUT2D eigenvalue weighted by molar-refractivity contribution is 5.80. The highest BCUT2D eigenvalue weighted by atomic mass is 16.5. The Bertz CT molecular complexity index is 340. The molecule has 0 aliphatic heterocycles. The molecule has 0 aromatic heterocycles. The van der Waals surface area contributed by atoms with E-state index in [1.807, 2.05) is 30.3 Å². The molecule has 0 saturated carbocycles. The second-order valence-corrected chi connectivity index (χ2v) is 3.96. The van der Waals surface area contributed by atoms with Crippen molar-refractivity contribution < 1.29 is 14.6 Å². The Morgan fingerprint density at radius 2 is 2.06 bits per heavy atom. The number of ether oxygens (including phenoxy) is 1. The highest BCUT2D eigenvalue weighted by Crippen LogP contribution is 2.03. The average molecular weight is 237 g/mol. The first-order valence-corrected chi connectivity index (χ1v) is 5.65. The molecule has 4 heteroatoms. The summed E-state index contributed by atoms with van der Waals surface area (Å²) in [5, 5.41) is 12.0. The quantitative estimate of drug-likeness (QED) is 0.767. The first-order chi connectivity index (χ1) is 8.17. The van der Waals surface area contributed by atoms with Crippen molar-refractivity contribution in [2.24, 2.45) is 0 Å². The molecule has 0 radical (unpaired) electrons. The Balaban J connectivity index is 2.52. The van der Waals surface area contributed by atoms with Gasteiger partial charge in [-0.2, -0.15) is 0 Å². The van der Waals surface area contributed by atoms with E-state index in [2.05, 4.69) is 5.32 Å². The second-order valence-electron chi connectivity index (χ2n) is 3.96. The molecule has 0 aliphatic carbocycles. The van der Waals surface area contributed by atoms with Gasteiger partial charge in [-0.1, -0.05) is 30.3 Å². The van der Waals surface area contributed by atoms with Gasteiger partial charge >= 0.3 is 0 Å². The summed E-state index contributed by atoms with van der Waals surface area (Å²) in [6.45, 7) is 1.59. The van der Waals surface area contributed by atoms with Crippen molar-refractivity contribution in [1.29, 1.82) is 0 Å². The maximum absolute atomic E-state index is 11.6. The number of benzene rings is 1. The molecule has 1 amide bonds. The number of nitrogens with one attached hydrogen (secondary N) is 1. The van der Waals surface area contributed by atoms with Gasteiger partial charge in [0.25, 0.3) is 0 Å². The Morgan fingerprint density at radius 1 is 1.41 bits per heavy atom. The SMILES string of the molecule is COC(C)C(=O)N[C@@H](CO)Cc1ccccc1. The molecule has 2 atom stereocenters.